The van der Waals surface area contributed by atoms with E-state index in [1.807, 2.05) is 0 Å². The lowest BCUT2D eigenvalue weighted by atomic mass is 10.2. The monoisotopic (exact) mass is 191 g/mol. The Morgan fingerprint density at radius 2 is 2.36 bits per heavy atom. The number of benzene rings is 1. The van der Waals surface area contributed by atoms with Crippen molar-refractivity contribution in [3.8, 4) is 11.8 Å². The Morgan fingerprint density at radius 3 is 2.86 bits per heavy atom. The number of nitrogens with zero attached hydrogens (tertiary/aromatic N) is 1. The van der Waals surface area contributed by atoms with Crippen LogP contribution in [0.1, 0.15) is 12.5 Å². The van der Waals surface area contributed by atoms with Crippen molar-refractivity contribution < 1.29 is 9.13 Å². The van der Waals surface area contributed by atoms with Crippen LogP contribution in [0.4, 0.5) is 4.39 Å². The predicted molar refractivity (Wildman–Crippen MR) is 51.4 cm³/mol. The first-order chi connectivity index (χ1) is 6.67. The predicted octanol–water partition coefficient (Wildman–Crippen LogP) is 2.65. The smallest absolute Gasteiger partial charge is 0.144 e. The summed E-state index contributed by atoms with van der Waals surface area (Å²) in [6.07, 6.45) is 1.43. The minimum absolute atomic E-state index is 0.0172. The standard InChI is InChI=1S/C11H10FNO/c1-3-8(2)14-10-5-4-9(7-13)11(12)6-10/h3-6,8H,1H2,2H3. The summed E-state index contributed by atoms with van der Waals surface area (Å²) in [6.45, 7) is 5.34. The molecule has 0 aliphatic heterocycles. The average Bonchev–Trinajstić information content (AvgIpc) is 2.18. The molecule has 0 radical (unpaired) electrons. The van der Waals surface area contributed by atoms with Gasteiger partial charge in [0.1, 0.15) is 23.7 Å². The van der Waals surface area contributed by atoms with Gasteiger partial charge in [-0.15, -0.1) is 0 Å². The van der Waals surface area contributed by atoms with Crippen LogP contribution in [0.25, 0.3) is 0 Å². The second-order valence-electron chi connectivity index (χ2n) is 2.81. The Bertz CT molecular complexity index is 381. The molecule has 0 fully saturated rings. The van der Waals surface area contributed by atoms with Gasteiger partial charge >= 0.3 is 0 Å². The largest absolute Gasteiger partial charge is 0.487 e. The summed E-state index contributed by atoms with van der Waals surface area (Å²) in [5, 5.41) is 8.49. The average molecular weight is 191 g/mol. The van der Waals surface area contributed by atoms with E-state index in [1.165, 1.54) is 12.1 Å². The number of halogens is 1. The van der Waals surface area contributed by atoms with E-state index in [9.17, 15) is 4.39 Å². The highest BCUT2D eigenvalue weighted by Crippen LogP contribution is 2.17. The Morgan fingerprint density at radius 1 is 1.64 bits per heavy atom. The highest BCUT2D eigenvalue weighted by atomic mass is 19.1. The third-order valence-electron chi connectivity index (χ3n) is 1.71. The molecule has 0 spiro atoms. The molecule has 0 aliphatic carbocycles. The lowest BCUT2D eigenvalue weighted by Crippen LogP contribution is -2.07. The van der Waals surface area contributed by atoms with Crippen molar-refractivity contribution in [2.45, 2.75) is 13.0 Å². The molecule has 0 amide bonds. The molecule has 0 bridgehead atoms. The maximum atomic E-state index is 13.1. The third-order valence-corrected chi connectivity index (χ3v) is 1.71. The molecule has 72 valence electrons. The number of rotatable bonds is 3. The highest BCUT2D eigenvalue weighted by molar-refractivity contribution is 5.36. The number of hydrogen-bond acceptors (Lipinski definition) is 2. The Hall–Kier alpha value is -1.82. The summed E-state index contributed by atoms with van der Waals surface area (Å²) in [7, 11) is 0. The highest BCUT2D eigenvalue weighted by Gasteiger charge is 2.04. The molecular weight excluding hydrogens is 181 g/mol. The summed E-state index contributed by atoms with van der Waals surface area (Å²) in [5.74, 6) is -0.171. The molecule has 0 N–H and O–H groups in total. The van der Waals surface area contributed by atoms with Crippen molar-refractivity contribution >= 4 is 0 Å². The molecular formula is C11H10FNO. The van der Waals surface area contributed by atoms with Crippen molar-refractivity contribution in [3.05, 3.63) is 42.2 Å². The van der Waals surface area contributed by atoms with Crippen molar-refractivity contribution in [2.24, 2.45) is 0 Å². The van der Waals surface area contributed by atoms with Crippen LogP contribution in [0.2, 0.25) is 0 Å². The molecule has 0 saturated heterocycles. The van der Waals surface area contributed by atoms with Gasteiger partial charge in [0, 0.05) is 6.07 Å². The van der Waals surface area contributed by atoms with Crippen molar-refractivity contribution in [3.63, 3.8) is 0 Å². The molecule has 1 aromatic carbocycles. The fourth-order valence-electron chi connectivity index (χ4n) is 0.923. The van der Waals surface area contributed by atoms with Gasteiger partial charge in [0.25, 0.3) is 0 Å². The van der Waals surface area contributed by atoms with Crippen LogP contribution < -0.4 is 4.74 Å². The van der Waals surface area contributed by atoms with E-state index in [0.29, 0.717) is 5.75 Å². The van der Waals surface area contributed by atoms with Gasteiger partial charge in [-0.25, -0.2) is 4.39 Å². The van der Waals surface area contributed by atoms with Crippen LogP contribution in [-0.2, 0) is 0 Å². The van der Waals surface area contributed by atoms with E-state index in [4.69, 9.17) is 10.00 Å². The van der Waals surface area contributed by atoms with E-state index in [-0.39, 0.29) is 11.7 Å². The Kier molecular flexibility index (Phi) is 3.24. The SMILES string of the molecule is C=CC(C)Oc1ccc(C#N)c(F)c1. The summed E-state index contributed by atoms with van der Waals surface area (Å²) >= 11 is 0. The summed E-state index contributed by atoms with van der Waals surface area (Å²) in [5.41, 5.74) is 0.0172. The first-order valence-corrected chi connectivity index (χ1v) is 4.16. The minimum Gasteiger partial charge on any atom is -0.487 e. The van der Waals surface area contributed by atoms with Crippen LogP contribution in [0.5, 0.6) is 5.75 Å². The van der Waals surface area contributed by atoms with Crippen LogP contribution >= 0.6 is 0 Å². The van der Waals surface area contributed by atoms with Gasteiger partial charge in [0.2, 0.25) is 0 Å². The summed E-state index contributed by atoms with van der Waals surface area (Å²) in [6, 6.07) is 5.88. The second kappa shape index (κ2) is 4.43. The zero-order valence-electron chi connectivity index (χ0n) is 7.83. The van der Waals surface area contributed by atoms with Gasteiger partial charge in [-0.1, -0.05) is 12.7 Å². The minimum atomic E-state index is -0.568. The van der Waals surface area contributed by atoms with Crippen LogP contribution in [-0.4, -0.2) is 6.10 Å². The maximum Gasteiger partial charge on any atom is 0.144 e. The number of nitriles is 1. The molecule has 14 heavy (non-hydrogen) atoms. The molecule has 1 rings (SSSR count). The molecule has 0 aliphatic rings. The van der Waals surface area contributed by atoms with Crippen molar-refractivity contribution in [1.29, 1.82) is 5.26 Å². The van der Waals surface area contributed by atoms with Gasteiger partial charge < -0.3 is 4.74 Å². The molecule has 2 nitrogen and oxygen atoms in total. The van der Waals surface area contributed by atoms with Crippen molar-refractivity contribution in [1.82, 2.24) is 0 Å². The van der Waals surface area contributed by atoms with Crippen LogP contribution in [0.15, 0.2) is 30.9 Å². The topological polar surface area (TPSA) is 33.0 Å². The fourth-order valence-corrected chi connectivity index (χ4v) is 0.923. The zero-order valence-corrected chi connectivity index (χ0v) is 7.83. The molecule has 3 heteroatoms. The van der Waals surface area contributed by atoms with Gasteiger partial charge in [0.15, 0.2) is 0 Å². The van der Waals surface area contributed by atoms with E-state index in [2.05, 4.69) is 6.58 Å². The lowest BCUT2D eigenvalue weighted by molar-refractivity contribution is 0.269. The van der Waals surface area contributed by atoms with Gasteiger partial charge in [-0.05, 0) is 19.1 Å². The third kappa shape index (κ3) is 2.33. The summed E-state index contributed by atoms with van der Waals surface area (Å²) < 4.78 is 18.4. The maximum absolute atomic E-state index is 13.1. The quantitative estimate of drug-likeness (QED) is 0.688. The molecule has 0 heterocycles. The van der Waals surface area contributed by atoms with E-state index < -0.39 is 5.82 Å². The Labute approximate surface area is 82.2 Å². The van der Waals surface area contributed by atoms with Gasteiger partial charge in [0.05, 0.1) is 5.56 Å². The first-order valence-electron chi connectivity index (χ1n) is 4.16. The van der Waals surface area contributed by atoms with Gasteiger partial charge in [-0.2, -0.15) is 5.26 Å². The summed E-state index contributed by atoms with van der Waals surface area (Å²) in [4.78, 5) is 0. The van der Waals surface area contributed by atoms with E-state index in [1.54, 1.807) is 25.1 Å². The fraction of sp³-hybridized carbons (Fsp3) is 0.182. The van der Waals surface area contributed by atoms with E-state index >= 15 is 0 Å². The van der Waals surface area contributed by atoms with Crippen LogP contribution in [0, 0.1) is 17.1 Å². The zero-order chi connectivity index (χ0) is 10.6. The number of hydrogen-bond donors (Lipinski definition) is 0. The molecule has 1 unspecified atom stereocenters. The second-order valence-corrected chi connectivity index (χ2v) is 2.81. The number of ether oxygens (including phenoxy) is 1. The van der Waals surface area contributed by atoms with Gasteiger partial charge in [-0.3, -0.25) is 0 Å². The lowest BCUT2D eigenvalue weighted by Gasteiger charge is -2.10. The normalized spacial score (nSPS) is 11.5. The molecule has 0 saturated carbocycles. The van der Waals surface area contributed by atoms with Crippen LogP contribution in [0.3, 0.4) is 0 Å². The molecule has 1 atom stereocenters. The van der Waals surface area contributed by atoms with Crippen molar-refractivity contribution in [2.75, 3.05) is 0 Å². The Balaban J connectivity index is 2.87. The molecule has 0 aromatic heterocycles. The first kappa shape index (κ1) is 10.3. The molecule has 1 aromatic rings. The van der Waals surface area contributed by atoms with E-state index in [0.717, 1.165) is 0 Å².